The number of nitrogens with zero attached hydrogens (tertiary/aromatic N) is 5. The molecule has 1 saturated heterocycles. The SMILES string of the molecule is COc1cc(-c2nn(-c3ccc(CN4CCC(CCO)CC4)cc3)c3ncnc(N)c23)ccc1NC(=O)c1ccc(C(F)(F)F)cc1F. The van der Waals surface area contributed by atoms with Crippen LogP contribution in [0.5, 0.6) is 5.75 Å². The molecule has 0 unspecified atom stereocenters. The number of hydrogen-bond donors (Lipinski definition) is 3. The third-order valence-electron chi connectivity index (χ3n) is 8.59. The summed E-state index contributed by atoms with van der Waals surface area (Å²) in [6.07, 6.45) is -0.372. The molecule has 10 nitrogen and oxygen atoms in total. The van der Waals surface area contributed by atoms with Gasteiger partial charge >= 0.3 is 6.18 Å². The highest BCUT2D eigenvalue weighted by Crippen LogP contribution is 2.37. The van der Waals surface area contributed by atoms with Gasteiger partial charge in [0.25, 0.3) is 5.91 Å². The summed E-state index contributed by atoms with van der Waals surface area (Å²) in [4.78, 5) is 23.9. The Labute approximate surface area is 273 Å². The Balaban J connectivity index is 1.25. The molecular weight excluding hydrogens is 630 g/mol. The molecule has 0 aliphatic carbocycles. The summed E-state index contributed by atoms with van der Waals surface area (Å²) < 4.78 is 60.5. The number of aliphatic hydroxyl groups is 1. The predicted molar refractivity (Wildman–Crippen MR) is 172 cm³/mol. The van der Waals surface area contributed by atoms with E-state index in [1.807, 2.05) is 24.3 Å². The molecule has 0 bridgehead atoms. The largest absolute Gasteiger partial charge is 0.495 e. The Morgan fingerprint density at radius 3 is 2.48 bits per heavy atom. The minimum Gasteiger partial charge on any atom is -0.495 e. The van der Waals surface area contributed by atoms with E-state index in [0.717, 1.165) is 56.2 Å². The van der Waals surface area contributed by atoms with E-state index < -0.39 is 29.0 Å². The minimum atomic E-state index is -4.75. The van der Waals surface area contributed by atoms with Crippen LogP contribution in [0.2, 0.25) is 0 Å². The molecule has 2 aromatic heterocycles. The molecule has 0 spiro atoms. The summed E-state index contributed by atoms with van der Waals surface area (Å²) in [5.41, 5.74) is 8.10. The van der Waals surface area contributed by atoms with Crippen LogP contribution in [-0.4, -0.2) is 62.5 Å². The van der Waals surface area contributed by atoms with Gasteiger partial charge < -0.3 is 20.9 Å². The molecule has 0 radical (unpaired) electrons. The maximum Gasteiger partial charge on any atom is 0.416 e. The Kier molecular flexibility index (Phi) is 9.29. The molecular formula is C34H33F4N7O3. The summed E-state index contributed by atoms with van der Waals surface area (Å²) in [7, 11) is 1.38. The van der Waals surface area contributed by atoms with Crippen molar-refractivity contribution in [2.24, 2.45) is 5.92 Å². The summed E-state index contributed by atoms with van der Waals surface area (Å²) in [5, 5.41) is 17.1. The summed E-state index contributed by atoms with van der Waals surface area (Å²) in [6.45, 7) is 3.04. The van der Waals surface area contributed by atoms with Crippen LogP contribution < -0.4 is 15.8 Å². The first-order chi connectivity index (χ1) is 23.0. The van der Waals surface area contributed by atoms with Crippen molar-refractivity contribution in [2.75, 3.05) is 37.9 Å². The molecule has 5 aromatic rings. The van der Waals surface area contributed by atoms with Crippen molar-refractivity contribution >= 4 is 28.4 Å². The average molecular weight is 664 g/mol. The number of ether oxygens (including phenoxy) is 1. The van der Waals surface area contributed by atoms with Crippen molar-refractivity contribution in [2.45, 2.75) is 32.0 Å². The molecule has 1 aliphatic heterocycles. The third-order valence-corrected chi connectivity index (χ3v) is 8.59. The van der Waals surface area contributed by atoms with E-state index in [1.54, 1.807) is 16.8 Å². The zero-order valence-electron chi connectivity index (χ0n) is 26.0. The molecule has 250 valence electrons. The van der Waals surface area contributed by atoms with Gasteiger partial charge in [0.15, 0.2) is 5.65 Å². The number of likely N-dealkylation sites (tertiary alicyclic amines) is 1. The van der Waals surface area contributed by atoms with Gasteiger partial charge in [0.05, 0.1) is 35.0 Å². The fraction of sp³-hybridized carbons (Fsp3) is 0.294. The lowest BCUT2D eigenvalue weighted by molar-refractivity contribution is -0.137. The van der Waals surface area contributed by atoms with Crippen molar-refractivity contribution < 1.29 is 32.2 Å². The second-order valence-corrected chi connectivity index (χ2v) is 11.7. The number of methoxy groups -OCH3 is 1. The molecule has 3 aromatic carbocycles. The number of hydrogen-bond acceptors (Lipinski definition) is 8. The van der Waals surface area contributed by atoms with Gasteiger partial charge in [-0.15, -0.1) is 0 Å². The van der Waals surface area contributed by atoms with E-state index in [2.05, 4.69) is 20.2 Å². The Morgan fingerprint density at radius 1 is 1.06 bits per heavy atom. The summed E-state index contributed by atoms with van der Waals surface area (Å²) in [6, 6.07) is 14.5. The third kappa shape index (κ3) is 6.80. The number of carbonyl (C=O) groups is 1. The fourth-order valence-electron chi connectivity index (χ4n) is 5.98. The van der Waals surface area contributed by atoms with E-state index in [-0.39, 0.29) is 29.9 Å². The molecule has 1 fully saturated rings. The number of halogens is 4. The first kappa shape index (κ1) is 32.8. The van der Waals surface area contributed by atoms with Gasteiger partial charge in [0.2, 0.25) is 0 Å². The highest BCUT2D eigenvalue weighted by Gasteiger charge is 2.32. The first-order valence-electron chi connectivity index (χ1n) is 15.3. The average Bonchev–Trinajstić information content (AvgIpc) is 3.47. The number of carbonyl (C=O) groups excluding carboxylic acids is 1. The molecule has 4 N–H and O–H groups in total. The molecule has 6 rings (SSSR count). The van der Waals surface area contributed by atoms with Gasteiger partial charge in [0, 0.05) is 18.7 Å². The quantitative estimate of drug-likeness (QED) is 0.162. The van der Waals surface area contributed by atoms with Crippen molar-refractivity contribution in [1.29, 1.82) is 0 Å². The van der Waals surface area contributed by atoms with Gasteiger partial charge in [-0.2, -0.15) is 18.3 Å². The Hall–Kier alpha value is -5.08. The van der Waals surface area contributed by atoms with Crippen LogP contribution in [0, 0.1) is 11.7 Å². The number of fused-ring (bicyclic) bond motifs is 1. The number of aromatic nitrogens is 4. The molecule has 0 atom stereocenters. The van der Waals surface area contributed by atoms with Crippen LogP contribution in [-0.2, 0) is 12.7 Å². The Bertz CT molecular complexity index is 1940. The van der Waals surface area contributed by atoms with E-state index >= 15 is 0 Å². The number of aliphatic hydroxyl groups excluding tert-OH is 1. The molecule has 0 saturated carbocycles. The topological polar surface area (TPSA) is 131 Å². The lowest BCUT2D eigenvalue weighted by Crippen LogP contribution is -2.33. The molecule has 14 heteroatoms. The first-order valence-corrected chi connectivity index (χ1v) is 15.3. The molecule has 1 aliphatic rings. The van der Waals surface area contributed by atoms with Crippen LogP contribution in [0.4, 0.5) is 29.1 Å². The van der Waals surface area contributed by atoms with Crippen LogP contribution in [0.3, 0.4) is 0 Å². The predicted octanol–water partition coefficient (Wildman–Crippen LogP) is 6.08. The van der Waals surface area contributed by atoms with Crippen molar-refractivity contribution in [1.82, 2.24) is 24.6 Å². The van der Waals surface area contributed by atoms with Crippen molar-refractivity contribution in [3.63, 3.8) is 0 Å². The number of nitrogens with one attached hydrogen (secondary N) is 1. The van der Waals surface area contributed by atoms with Gasteiger partial charge in [0.1, 0.15) is 29.4 Å². The number of anilines is 2. The number of nitrogens with two attached hydrogens (primary N) is 1. The van der Waals surface area contributed by atoms with Gasteiger partial charge in [-0.25, -0.2) is 19.0 Å². The zero-order chi connectivity index (χ0) is 34.0. The van der Waals surface area contributed by atoms with Gasteiger partial charge in [-0.3, -0.25) is 9.69 Å². The maximum atomic E-state index is 14.5. The lowest BCUT2D eigenvalue weighted by atomic mass is 9.94. The molecule has 3 heterocycles. The summed E-state index contributed by atoms with van der Waals surface area (Å²) >= 11 is 0. The summed E-state index contributed by atoms with van der Waals surface area (Å²) in [5.74, 6) is -1.28. The minimum absolute atomic E-state index is 0.159. The normalized spacial score (nSPS) is 14.4. The second kappa shape index (κ2) is 13.6. The Morgan fingerprint density at radius 2 is 1.81 bits per heavy atom. The van der Waals surface area contributed by atoms with Crippen LogP contribution >= 0.6 is 0 Å². The van der Waals surface area contributed by atoms with E-state index in [1.165, 1.54) is 19.5 Å². The van der Waals surface area contributed by atoms with E-state index in [4.69, 9.17) is 15.6 Å². The highest BCUT2D eigenvalue weighted by atomic mass is 19.4. The van der Waals surface area contributed by atoms with Gasteiger partial charge in [-0.1, -0.05) is 18.2 Å². The lowest BCUT2D eigenvalue weighted by Gasteiger charge is -2.31. The monoisotopic (exact) mass is 663 g/mol. The van der Waals surface area contributed by atoms with E-state index in [0.29, 0.717) is 34.3 Å². The van der Waals surface area contributed by atoms with E-state index in [9.17, 15) is 27.5 Å². The number of rotatable bonds is 9. The number of piperidine rings is 1. The fourth-order valence-corrected chi connectivity index (χ4v) is 5.98. The smallest absolute Gasteiger partial charge is 0.416 e. The molecule has 48 heavy (non-hydrogen) atoms. The number of alkyl halides is 3. The van der Waals surface area contributed by atoms with Crippen LogP contribution in [0.15, 0.2) is 67.0 Å². The number of benzene rings is 3. The standard InChI is InChI=1S/C34H33F4N7O3/c1-48-28-16-22(4-9-27(28)42-33(47)25-8-5-23(17-26(25)35)34(36,37)38)30-29-31(39)40-19-41-32(29)45(43-30)24-6-2-21(3-7-24)18-44-13-10-20(11-14-44)12-15-46/h2-9,16-17,19-20,46H,10-15,18H2,1H3,(H,42,47)(H2,39,40,41). The van der Waals surface area contributed by atoms with Crippen molar-refractivity contribution in [3.8, 4) is 22.7 Å². The second-order valence-electron chi connectivity index (χ2n) is 11.7. The van der Waals surface area contributed by atoms with Crippen LogP contribution in [0.25, 0.3) is 28.0 Å². The van der Waals surface area contributed by atoms with Crippen molar-refractivity contribution in [3.05, 3.63) is 89.5 Å². The van der Waals surface area contributed by atoms with Gasteiger partial charge in [-0.05, 0) is 86.3 Å². The van der Waals surface area contributed by atoms with Crippen LogP contribution in [0.1, 0.15) is 40.7 Å². The highest BCUT2D eigenvalue weighted by molar-refractivity contribution is 6.06. The zero-order valence-corrected chi connectivity index (χ0v) is 26.0. The number of nitrogen functional groups attached to an aromatic ring is 1. The molecule has 1 amide bonds. The number of amides is 1. The maximum absolute atomic E-state index is 14.5.